The highest BCUT2D eigenvalue weighted by Crippen LogP contribution is 2.35. The number of ketones is 1. The van der Waals surface area contributed by atoms with Crippen molar-refractivity contribution in [3.63, 3.8) is 0 Å². The summed E-state index contributed by atoms with van der Waals surface area (Å²) in [5.41, 5.74) is 3.44. The molecule has 1 N–H and O–H groups in total. The number of fused-ring (bicyclic) bond motifs is 1. The summed E-state index contributed by atoms with van der Waals surface area (Å²) in [6.45, 7) is 4.04. The Morgan fingerprint density at radius 1 is 1.11 bits per heavy atom. The summed E-state index contributed by atoms with van der Waals surface area (Å²) in [5.74, 6) is 0.0507. The quantitative estimate of drug-likeness (QED) is 0.749. The Bertz CT molecular complexity index is 891. The fraction of sp³-hybridized carbons (Fsp3) is 0.478. The minimum Gasteiger partial charge on any atom is -0.458 e. The molecule has 148 valence electrons. The van der Waals surface area contributed by atoms with Gasteiger partial charge in [-0.1, -0.05) is 19.1 Å². The summed E-state index contributed by atoms with van der Waals surface area (Å²) in [5, 5.41) is 0. The van der Waals surface area contributed by atoms with Gasteiger partial charge in [0.25, 0.3) is 0 Å². The van der Waals surface area contributed by atoms with E-state index in [1.54, 1.807) is 12.1 Å². The zero-order chi connectivity index (χ0) is 19.8. The van der Waals surface area contributed by atoms with Gasteiger partial charge in [0.05, 0.1) is 0 Å². The lowest BCUT2D eigenvalue weighted by atomic mass is 9.81. The molecule has 0 amide bonds. The van der Waals surface area contributed by atoms with E-state index in [0.717, 1.165) is 36.9 Å². The molecule has 1 aromatic heterocycles. The number of H-pyrrole nitrogens is 1. The number of aromatic nitrogens is 1. The maximum atomic E-state index is 13.2. The lowest BCUT2D eigenvalue weighted by Crippen LogP contribution is -2.24. The van der Waals surface area contributed by atoms with Crippen LogP contribution in [0.15, 0.2) is 24.3 Å². The predicted octanol–water partition coefficient (Wildman–Crippen LogP) is 5.11. The van der Waals surface area contributed by atoms with E-state index in [1.807, 2.05) is 6.92 Å². The number of aromatic amines is 1. The van der Waals surface area contributed by atoms with Crippen LogP contribution in [-0.4, -0.2) is 22.8 Å². The number of nitrogens with one attached hydrogen (secondary N) is 1. The minimum absolute atomic E-state index is 0.0117. The molecule has 2 aromatic rings. The number of hydrogen-bond acceptors (Lipinski definition) is 3. The van der Waals surface area contributed by atoms with Crippen LogP contribution in [0.25, 0.3) is 0 Å². The van der Waals surface area contributed by atoms with Crippen molar-refractivity contribution < 1.29 is 18.7 Å². The number of carbonyl (C=O) groups is 2. The summed E-state index contributed by atoms with van der Waals surface area (Å²) in [6.07, 6.45) is 4.92. The van der Waals surface area contributed by atoms with E-state index in [9.17, 15) is 14.0 Å². The topological polar surface area (TPSA) is 59.2 Å². The Kier molecular flexibility index (Phi) is 5.09. The van der Waals surface area contributed by atoms with Crippen LogP contribution in [0.3, 0.4) is 0 Å². The van der Waals surface area contributed by atoms with Crippen molar-refractivity contribution in [2.45, 2.75) is 64.4 Å². The van der Waals surface area contributed by atoms with Gasteiger partial charge in [0, 0.05) is 17.7 Å². The zero-order valence-electron chi connectivity index (χ0n) is 16.4. The molecule has 2 aliphatic carbocycles. The van der Waals surface area contributed by atoms with Crippen molar-refractivity contribution >= 4 is 11.8 Å². The molecule has 0 aliphatic heterocycles. The number of esters is 1. The van der Waals surface area contributed by atoms with Crippen LogP contribution in [0.4, 0.5) is 4.39 Å². The molecule has 4 rings (SSSR count). The van der Waals surface area contributed by atoms with E-state index < -0.39 is 0 Å². The number of Topliss-reactive ketones (excluding diaryl/α,β-unsaturated/α-hetero) is 1. The SMILES string of the molecule is Cc1c(C(=O)OC2CCC(C)CC2)[nH]c2c1C(=O)CC(c1ccc(F)cc1)C2. The van der Waals surface area contributed by atoms with Crippen molar-refractivity contribution in [1.82, 2.24) is 4.98 Å². The normalized spacial score (nSPS) is 24.7. The van der Waals surface area contributed by atoms with Crippen molar-refractivity contribution in [2.75, 3.05) is 0 Å². The van der Waals surface area contributed by atoms with E-state index in [0.29, 0.717) is 35.6 Å². The highest BCUT2D eigenvalue weighted by Gasteiger charge is 2.33. The standard InChI is InChI=1S/C23H26FNO3/c1-13-3-9-18(10-4-13)28-23(27)22-14(2)21-19(25-22)11-16(12-20(21)26)15-5-7-17(24)8-6-15/h5-8,13,16,18,25H,3-4,9-12H2,1-2H3. The van der Waals surface area contributed by atoms with Gasteiger partial charge in [0.15, 0.2) is 5.78 Å². The van der Waals surface area contributed by atoms with Crippen LogP contribution in [-0.2, 0) is 11.2 Å². The number of ether oxygens (including phenoxy) is 1. The molecule has 0 saturated heterocycles. The lowest BCUT2D eigenvalue weighted by molar-refractivity contribution is 0.0167. The second-order valence-electron chi connectivity index (χ2n) is 8.35. The Hall–Kier alpha value is -2.43. The molecule has 28 heavy (non-hydrogen) atoms. The Morgan fingerprint density at radius 2 is 1.79 bits per heavy atom. The van der Waals surface area contributed by atoms with E-state index in [4.69, 9.17) is 4.74 Å². The summed E-state index contributed by atoms with van der Waals surface area (Å²) < 4.78 is 18.9. The molecular weight excluding hydrogens is 357 g/mol. The third-order valence-electron chi connectivity index (χ3n) is 6.27. The van der Waals surface area contributed by atoms with Crippen molar-refractivity contribution in [3.05, 3.63) is 58.2 Å². The molecule has 5 heteroatoms. The van der Waals surface area contributed by atoms with Gasteiger partial charge < -0.3 is 9.72 Å². The molecule has 2 aliphatic rings. The molecule has 1 saturated carbocycles. The summed E-state index contributed by atoms with van der Waals surface area (Å²) in [7, 11) is 0. The first-order valence-corrected chi connectivity index (χ1v) is 10.1. The van der Waals surface area contributed by atoms with Crippen LogP contribution in [0.5, 0.6) is 0 Å². The fourth-order valence-corrected chi connectivity index (χ4v) is 4.57. The average Bonchev–Trinajstić information content (AvgIpc) is 3.01. The summed E-state index contributed by atoms with van der Waals surface area (Å²) in [4.78, 5) is 28.7. The molecule has 1 atom stereocenters. The van der Waals surface area contributed by atoms with Crippen LogP contribution in [0.1, 0.15) is 82.6 Å². The lowest BCUT2D eigenvalue weighted by Gasteiger charge is -2.25. The molecule has 0 radical (unpaired) electrons. The van der Waals surface area contributed by atoms with Gasteiger partial charge in [-0.05, 0) is 74.1 Å². The Morgan fingerprint density at radius 3 is 2.46 bits per heavy atom. The van der Waals surface area contributed by atoms with Gasteiger partial charge in [-0.15, -0.1) is 0 Å². The Labute approximate surface area is 164 Å². The van der Waals surface area contributed by atoms with Gasteiger partial charge >= 0.3 is 5.97 Å². The molecule has 0 spiro atoms. The second-order valence-corrected chi connectivity index (χ2v) is 8.35. The van der Waals surface area contributed by atoms with Gasteiger partial charge in [-0.25, -0.2) is 9.18 Å². The monoisotopic (exact) mass is 383 g/mol. The number of rotatable bonds is 3. The average molecular weight is 383 g/mol. The molecular formula is C23H26FNO3. The number of carbonyl (C=O) groups excluding carboxylic acids is 2. The largest absolute Gasteiger partial charge is 0.458 e. The first-order valence-electron chi connectivity index (χ1n) is 10.1. The van der Waals surface area contributed by atoms with Crippen LogP contribution in [0.2, 0.25) is 0 Å². The first kappa shape index (κ1) is 18.9. The van der Waals surface area contributed by atoms with Crippen LogP contribution >= 0.6 is 0 Å². The second kappa shape index (κ2) is 7.53. The van der Waals surface area contributed by atoms with E-state index in [2.05, 4.69) is 11.9 Å². The van der Waals surface area contributed by atoms with Crippen molar-refractivity contribution in [3.8, 4) is 0 Å². The van der Waals surface area contributed by atoms with E-state index in [1.165, 1.54) is 12.1 Å². The van der Waals surface area contributed by atoms with Gasteiger partial charge in [-0.3, -0.25) is 4.79 Å². The Balaban J connectivity index is 1.53. The molecule has 0 bridgehead atoms. The minimum atomic E-state index is -0.363. The highest BCUT2D eigenvalue weighted by molar-refractivity contribution is 6.03. The summed E-state index contributed by atoms with van der Waals surface area (Å²) in [6, 6.07) is 6.30. The number of halogens is 1. The predicted molar refractivity (Wildman–Crippen MR) is 104 cm³/mol. The van der Waals surface area contributed by atoms with Gasteiger partial charge in [0.2, 0.25) is 0 Å². The van der Waals surface area contributed by atoms with Gasteiger partial charge in [-0.2, -0.15) is 0 Å². The number of hydrogen-bond donors (Lipinski definition) is 1. The molecule has 1 fully saturated rings. The molecule has 4 nitrogen and oxygen atoms in total. The molecule has 1 heterocycles. The van der Waals surface area contributed by atoms with E-state index >= 15 is 0 Å². The first-order chi connectivity index (χ1) is 13.4. The van der Waals surface area contributed by atoms with E-state index in [-0.39, 0.29) is 29.6 Å². The smallest absolute Gasteiger partial charge is 0.355 e. The third kappa shape index (κ3) is 3.62. The fourth-order valence-electron chi connectivity index (χ4n) is 4.57. The maximum absolute atomic E-state index is 13.2. The summed E-state index contributed by atoms with van der Waals surface area (Å²) >= 11 is 0. The van der Waals surface area contributed by atoms with Gasteiger partial charge in [0.1, 0.15) is 17.6 Å². The molecule has 1 unspecified atom stereocenters. The maximum Gasteiger partial charge on any atom is 0.355 e. The number of benzene rings is 1. The van der Waals surface area contributed by atoms with Crippen LogP contribution < -0.4 is 0 Å². The van der Waals surface area contributed by atoms with Crippen molar-refractivity contribution in [1.29, 1.82) is 0 Å². The third-order valence-corrected chi connectivity index (χ3v) is 6.27. The van der Waals surface area contributed by atoms with Crippen molar-refractivity contribution in [2.24, 2.45) is 5.92 Å². The highest BCUT2D eigenvalue weighted by atomic mass is 19.1. The van der Waals surface area contributed by atoms with Crippen LogP contribution in [0, 0.1) is 18.7 Å². The molecule has 1 aromatic carbocycles. The zero-order valence-corrected chi connectivity index (χ0v) is 16.4.